The zero-order chi connectivity index (χ0) is 23.7. The van der Waals surface area contributed by atoms with Crippen LogP contribution in [0.15, 0.2) is 54.6 Å². The lowest BCUT2D eigenvalue weighted by Gasteiger charge is -2.12. The summed E-state index contributed by atoms with van der Waals surface area (Å²) in [6.45, 7) is 0. The number of methoxy groups -OCH3 is 2. The van der Waals surface area contributed by atoms with Crippen molar-refractivity contribution in [3.63, 3.8) is 0 Å². The smallest absolute Gasteiger partial charge is 0.341 e. The van der Waals surface area contributed by atoms with Gasteiger partial charge in [-0.1, -0.05) is 30.3 Å². The molecule has 0 fully saturated rings. The number of pyridine rings is 1. The number of benzene rings is 2. The summed E-state index contributed by atoms with van der Waals surface area (Å²) >= 11 is 1.47. The fraction of sp³-hybridized carbons (Fsp3) is 0.222. The van der Waals surface area contributed by atoms with Crippen molar-refractivity contribution in [3.8, 4) is 17.0 Å². The molecule has 5 rings (SSSR count). The highest BCUT2D eigenvalue weighted by Gasteiger charge is 2.27. The molecule has 7 heteroatoms. The van der Waals surface area contributed by atoms with Gasteiger partial charge < -0.3 is 14.8 Å². The number of carbonyl (C=O) groups excluding carboxylic acids is 2. The molecule has 0 saturated carbocycles. The van der Waals surface area contributed by atoms with Gasteiger partial charge in [-0.2, -0.15) is 0 Å². The van der Waals surface area contributed by atoms with Crippen LogP contribution >= 0.6 is 11.3 Å². The van der Waals surface area contributed by atoms with Crippen molar-refractivity contribution in [1.82, 2.24) is 4.98 Å². The Morgan fingerprint density at radius 1 is 1.00 bits per heavy atom. The Balaban J connectivity index is 1.59. The minimum Gasteiger partial charge on any atom is -0.497 e. The quantitative estimate of drug-likeness (QED) is 0.367. The summed E-state index contributed by atoms with van der Waals surface area (Å²) in [7, 11) is 2.99. The Morgan fingerprint density at radius 3 is 2.65 bits per heavy atom. The minimum absolute atomic E-state index is 0.286. The summed E-state index contributed by atoms with van der Waals surface area (Å²) < 4.78 is 10.4. The first-order chi connectivity index (χ1) is 16.6. The van der Waals surface area contributed by atoms with Crippen LogP contribution in [0.2, 0.25) is 0 Å². The highest BCUT2D eigenvalue weighted by atomic mass is 32.1. The zero-order valence-electron chi connectivity index (χ0n) is 19.0. The maximum absolute atomic E-state index is 13.6. The lowest BCUT2D eigenvalue weighted by Crippen LogP contribution is -2.16. The molecule has 1 amide bonds. The van der Waals surface area contributed by atoms with Crippen molar-refractivity contribution < 1.29 is 19.1 Å². The van der Waals surface area contributed by atoms with Gasteiger partial charge in [-0.05, 0) is 55.5 Å². The van der Waals surface area contributed by atoms with Gasteiger partial charge in [0.2, 0.25) is 0 Å². The number of amides is 1. The molecule has 172 valence electrons. The van der Waals surface area contributed by atoms with Gasteiger partial charge in [0.25, 0.3) is 5.91 Å². The van der Waals surface area contributed by atoms with Gasteiger partial charge >= 0.3 is 5.97 Å². The second-order valence-electron chi connectivity index (χ2n) is 8.16. The summed E-state index contributed by atoms with van der Waals surface area (Å²) in [5, 5.41) is 4.31. The van der Waals surface area contributed by atoms with Crippen LogP contribution in [-0.4, -0.2) is 31.1 Å². The second kappa shape index (κ2) is 9.27. The standard InChI is InChI=1S/C27H24N2O4S/c1-32-17-9-7-8-16(14-17)22-15-20(18-10-3-5-12-21(18)28-22)25(30)29-26-24(27(31)33-2)19-11-4-6-13-23(19)34-26/h3,5,7-10,12,14-15H,4,6,11,13H2,1-2H3,(H,29,30). The Bertz CT molecular complexity index is 1410. The van der Waals surface area contributed by atoms with Crippen LogP contribution in [0, 0.1) is 0 Å². The first-order valence-electron chi connectivity index (χ1n) is 11.2. The molecule has 6 nitrogen and oxygen atoms in total. The summed E-state index contributed by atoms with van der Waals surface area (Å²) in [6.07, 6.45) is 3.85. The second-order valence-corrected chi connectivity index (χ2v) is 9.27. The average Bonchev–Trinajstić information content (AvgIpc) is 3.25. The SMILES string of the molecule is COC(=O)c1c(NC(=O)c2cc(-c3cccc(OC)c3)nc3ccccc23)sc2c1CCCC2. The number of anilines is 1. The van der Waals surface area contributed by atoms with E-state index in [0.717, 1.165) is 47.1 Å². The Morgan fingerprint density at radius 2 is 1.82 bits per heavy atom. The maximum Gasteiger partial charge on any atom is 0.341 e. The van der Waals surface area contributed by atoms with Crippen LogP contribution in [0.3, 0.4) is 0 Å². The maximum atomic E-state index is 13.6. The van der Waals surface area contributed by atoms with E-state index in [2.05, 4.69) is 5.32 Å². The van der Waals surface area contributed by atoms with Crippen LogP contribution < -0.4 is 10.1 Å². The molecule has 4 aromatic rings. The molecule has 0 radical (unpaired) electrons. The van der Waals surface area contributed by atoms with E-state index < -0.39 is 5.97 Å². The molecule has 0 saturated heterocycles. The van der Waals surface area contributed by atoms with Crippen molar-refractivity contribution in [3.05, 3.63) is 76.2 Å². The van der Waals surface area contributed by atoms with E-state index in [1.54, 1.807) is 13.2 Å². The van der Waals surface area contributed by atoms with E-state index in [1.807, 2.05) is 48.5 Å². The van der Waals surface area contributed by atoms with Crippen LogP contribution in [0.25, 0.3) is 22.2 Å². The average molecular weight is 473 g/mol. The van der Waals surface area contributed by atoms with Crippen molar-refractivity contribution >= 4 is 39.1 Å². The number of fused-ring (bicyclic) bond motifs is 2. The van der Waals surface area contributed by atoms with Gasteiger partial charge in [0.05, 0.1) is 36.6 Å². The third kappa shape index (κ3) is 4.03. The summed E-state index contributed by atoms with van der Waals surface area (Å²) in [5.74, 6) is 0.0169. The Labute approximate surface area is 201 Å². The fourth-order valence-corrected chi connectivity index (χ4v) is 5.71. The summed E-state index contributed by atoms with van der Waals surface area (Å²) in [5.41, 5.74) is 4.22. The van der Waals surface area contributed by atoms with E-state index in [-0.39, 0.29) is 5.91 Å². The van der Waals surface area contributed by atoms with Crippen molar-refractivity contribution in [2.45, 2.75) is 25.7 Å². The normalized spacial score (nSPS) is 12.8. The van der Waals surface area contributed by atoms with Crippen LogP contribution in [0.1, 0.15) is 44.0 Å². The molecule has 0 bridgehead atoms. The van der Waals surface area contributed by atoms with Gasteiger partial charge in [0.15, 0.2) is 0 Å². The number of esters is 1. The van der Waals surface area contributed by atoms with E-state index in [4.69, 9.17) is 14.5 Å². The third-order valence-corrected chi connectivity index (χ3v) is 7.32. The molecule has 2 aromatic carbocycles. The largest absolute Gasteiger partial charge is 0.497 e. The Hall–Kier alpha value is -3.71. The number of hydrogen-bond acceptors (Lipinski definition) is 6. The van der Waals surface area contributed by atoms with Crippen molar-refractivity contribution in [1.29, 1.82) is 0 Å². The van der Waals surface area contributed by atoms with Gasteiger partial charge in [-0.25, -0.2) is 9.78 Å². The fourth-order valence-electron chi connectivity index (χ4n) is 4.44. The number of thiophene rings is 1. The Kier molecular flexibility index (Phi) is 6.02. The van der Waals surface area contributed by atoms with Crippen molar-refractivity contribution in [2.24, 2.45) is 0 Å². The number of para-hydroxylation sites is 1. The van der Waals surface area contributed by atoms with Gasteiger partial charge in [0, 0.05) is 15.8 Å². The predicted molar refractivity (Wildman–Crippen MR) is 134 cm³/mol. The van der Waals surface area contributed by atoms with Crippen molar-refractivity contribution in [2.75, 3.05) is 19.5 Å². The highest BCUT2D eigenvalue weighted by molar-refractivity contribution is 7.17. The first-order valence-corrected chi connectivity index (χ1v) is 12.0. The van der Waals surface area contributed by atoms with Crippen LogP contribution in [0.4, 0.5) is 5.00 Å². The molecule has 1 aliphatic carbocycles. The lowest BCUT2D eigenvalue weighted by molar-refractivity contribution is 0.0601. The van der Waals surface area contributed by atoms with Gasteiger partial charge in [-0.15, -0.1) is 11.3 Å². The molecule has 2 heterocycles. The predicted octanol–water partition coefficient (Wildman–Crippen LogP) is 5.89. The van der Waals surface area contributed by atoms with E-state index in [1.165, 1.54) is 18.4 Å². The molecule has 0 spiro atoms. The monoisotopic (exact) mass is 472 g/mol. The molecular weight excluding hydrogens is 448 g/mol. The topological polar surface area (TPSA) is 77.5 Å². The molecule has 0 unspecified atom stereocenters. The number of nitrogens with one attached hydrogen (secondary N) is 1. The molecular formula is C27H24N2O4S. The van der Waals surface area contributed by atoms with Crippen LogP contribution in [-0.2, 0) is 17.6 Å². The number of rotatable bonds is 5. The zero-order valence-corrected chi connectivity index (χ0v) is 19.8. The number of nitrogens with zero attached hydrogens (tertiary/aromatic N) is 1. The third-order valence-electron chi connectivity index (χ3n) is 6.11. The van der Waals surface area contributed by atoms with E-state index in [0.29, 0.717) is 33.1 Å². The summed E-state index contributed by atoms with van der Waals surface area (Å²) in [6, 6.07) is 16.9. The molecule has 1 N–H and O–H groups in total. The molecule has 0 aliphatic heterocycles. The number of ether oxygens (including phenoxy) is 2. The van der Waals surface area contributed by atoms with E-state index >= 15 is 0 Å². The molecule has 0 atom stereocenters. The molecule has 34 heavy (non-hydrogen) atoms. The number of carbonyl (C=O) groups is 2. The minimum atomic E-state index is -0.411. The highest BCUT2D eigenvalue weighted by Crippen LogP contribution is 2.39. The summed E-state index contributed by atoms with van der Waals surface area (Å²) in [4.78, 5) is 32.1. The van der Waals surface area contributed by atoms with E-state index in [9.17, 15) is 9.59 Å². The van der Waals surface area contributed by atoms with Gasteiger partial charge in [-0.3, -0.25) is 4.79 Å². The number of hydrogen-bond donors (Lipinski definition) is 1. The number of aryl methyl sites for hydroxylation is 1. The first kappa shape index (κ1) is 22.1. The van der Waals surface area contributed by atoms with Gasteiger partial charge in [0.1, 0.15) is 10.8 Å². The molecule has 2 aromatic heterocycles. The molecule has 1 aliphatic rings. The lowest BCUT2D eigenvalue weighted by atomic mass is 9.95. The van der Waals surface area contributed by atoms with Crippen LogP contribution in [0.5, 0.6) is 5.75 Å². The number of aromatic nitrogens is 1.